The molecule has 0 bridgehead atoms. The molecule has 0 saturated heterocycles. The number of benzene rings is 1. The largest absolute Gasteiger partial charge is 0.356 e. The highest BCUT2D eigenvalue weighted by molar-refractivity contribution is 7.10. The van der Waals surface area contributed by atoms with E-state index in [-0.39, 0.29) is 30.1 Å². The maximum atomic E-state index is 13.1. The van der Waals surface area contributed by atoms with Gasteiger partial charge in [-0.25, -0.2) is 4.39 Å². The first-order valence-corrected chi connectivity index (χ1v) is 8.24. The molecule has 23 heavy (non-hydrogen) atoms. The van der Waals surface area contributed by atoms with E-state index in [4.69, 9.17) is 0 Å². The molecule has 1 atom stereocenters. The molecule has 0 saturated carbocycles. The van der Waals surface area contributed by atoms with Gasteiger partial charge in [-0.2, -0.15) is 0 Å². The fourth-order valence-electron chi connectivity index (χ4n) is 2.25. The van der Waals surface area contributed by atoms with E-state index in [1.165, 1.54) is 30.4 Å². The van der Waals surface area contributed by atoms with Gasteiger partial charge in [0.15, 0.2) is 0 Å². The van der Waals surface area contributed by atoms with Gasteiger partial charge in [-0.1, -0.05) is 18.2 Å². The van der Waals surface area contributed by atoms with Crippen LogP contribution in [0.5, 0.6) is 0 Å². The smallest absolute Gasteiger partial charge is 0.222 e. The molecule has 2 amide bonds. The van der Waals surface area contributed by atoms with Crippen LogP contribution in [-0.4, -0.2) is 18.4 Å². The van der Waals surface area contributed by atoms with Crippen molar-refractivity contribution >= 4 is 23.2 Å². The van der Waals surface area contributed by atoms with Crippen molar-refractivity contribution < 1.29 is 14.0 Å². The van der Waals surface area contributed by atoms with Crippen LogP contribution in [0.15, 0.2) is 41.8 Å². The second-order valence-corrected chi connectivity index (χ2v) is 6.18. The van der Waals surface area contributed by atoms with Crippen LogP contribution >= 0.6 is 11.3 Å². The Morgan fingerprint density at radius 1 is 1.26 bits per heavy atom. The summed E-state index contributed by atoms with van der Waals surface area (Å²) in [5, 5.41) is 7.51. The van der Waals surface area contributed by atoms with Crippen molar-refractivity contribution in [3.8, 4) is 0 Å². The van der Waals surface area contributed by atoms with E-state index in [1.54, 1.807) is 6.07 Å². The number of carbonyl (C=O) groups excluding carboxylic acids is 2. The molecule has 1 aromatic heterocycles. The molecule has 122 valence electrons. The Balaban J connectivity index is 1.83. The summed E-state index contributed by atoms with van der Waals surface area (Å²) in [7, 11) is 0. The zero-order valence-corrected chi connectivity index (χ0v) is 13.7. The summed E-state index contributed by atoms with van der Waals surface area (Å²) in [6, 6.07) is 9.78. The van der Waals surface area contributed by atoms with Gasteiger partial charge in [0.25, 0.3) is 0 Å². The number of thiophene rings is 1. The molecule has 1 heterocycles. The van der Waals surface area contributed by atoms with Crippen LogP contribution in [0.4, 0.5) is 4.39 Å². The summed E-state index contributed by atoms with van der Waals surface area (Å²) >= 11 is 1.50. The molecule has 0 spiro atoms. The van der Waals surface area contributed by atoms with Gasteiger partial charge in [-0.3, -0.25) is 9.59 Å². The van der Waals surface area contributed by atoms with Gasteiger partial charge in [0.2, 0.25) is 11.8 Å². The molecule has 0 aliphatic heterocycles. The average Bonchev–Trinajstić information content (AvgIpc) is 3.00. The van der Waals surface area contributed by atoms with Crippen LogP contribution in [0.3, 0.4) is 0 Å². The average molecular weight is 334 g/mol. The van der Waals surface area contributed by atoms with E-state index < -0.39 is 0 Å². The van der Waals surface area contributed by atoms with Crippen LogP contribution in [0.1, 0.15) is 29.8 Å². The van der Waals surface area contributed by atoms with E-state index in [2.05, 4.69) is 10.6 Å². The molecule has 0 aliphatic carbocycles. The molecule has 0 aliphatic rings. The molecule has 6 heteroatoms. The molecule has 2 N–H and O–H groups in total. The topological polar surface area (TPSA) is 58.2 Å². The first kappa shape index (κ1) is 17.1. The van der Waals surface area contributed by atoms with E-state index >= 15 is 0 Å². The number of carbonyl (C=O) groups is 2. The third kappa shape index (κ3) is 5.83. The van der Waals surface area contributed by atoms with E-state index in [0.717, 1.165) is 10.4 Å². The minimum atomic E-state index is -0.318. The molecular formula is C17H19FN2O2S. The Morgan fingerprint density at radius 2 is 2.09 bits per heavy atom. The normalized spacial score (nSPS) is 11.7. The number of rotatable bonds is 7. The summed E-state index contributed by atoms with van der Waals surface area (Å²) in [4.78, 5) is 24.3. The number of halogens is 1. The van der Waals surface area contributed by atoms with Crippen molar-refractivity contribution in [3.05, 3.63) is 58.0 Å². The lowest BCUT2D eigenvalue weighted by Gasteiger charge is -2.16. The SMILES string of the molecule is CC(=O)N[C@H](CC(=O)NCCc1cccc(F)c1)c1cccs1. The zero-order chi connectivity index (χ0) is 16.7. The van der Waals surface area contributed by atoms with E-state index in [9.17, 15) is 14.0 Å². The Hall–Kier alpha value is -2.21. The molecule has 4 nitrogen and oxygen atoms in total. The first-order valence-electron chi connectivity index (χ1n) is 7.36. The molecule has 0 unspecified atom stereocenters. The first-order chi connectivity index (χ1) is 11.0. The predicted molar refractivity (Wildman–Crippen MR) is 88.6 cm³/mol. The monoisotopic (exact) mass is 334 g/mol. The lowest BCUT2D eigenvalue weighted by molar-refractivity contribution is -0.122. The van der Waals surface area contributed by atoms with E-state index in [1.807, 2.05) is 23.6 Å². The van der Waals surface area contributed by atoms with Gasteiger partial charge in [0, 0.05) is 18.3 Å². The van der Waals surface area contributed by atoms with Crippen molar-refractivity contribution in [2.75, 3.05) is 6.54 Å². The molecule has 0 radical (unpaired) electrons. The third-order valence-electron chi connectivity index (χ3n) is 3.28. The van der Waals surface area contributed by atoms with Gasteiger partial charge < -0.3 is 10.6 Å². The van der Waals surface area contributed by atoms with Gasteiger partial charge in [0.05, 0.1) is 12.5 Å². The van der Waals surface area contributed by atoms with Crippen LogP contribution < -0.4 is 10.6 Å². The molecule has 2 rings (SSSR count). The predicted octanol–water partition coefficient (Wildman–Crippen LogP) is 2.81. The number of hydrogen-bond acceptors (Lipinski definition) is 3. The quantitative estimate of drug-likeness (QED) is 0.818. The molecular weight excluding hydrogens is 315 g/mol. The summed E-state index contributed by atoms with van der Waals surface area (Å²) in [5.74, 6) is -0.596. The highest BCUT2D eigenvalue weighted by atomic mass is 32.1. The maximum Gasteiger partial charge on any atom is 0.222 e. The molecule has 1 aromatic carbocycles. The number of nitrogens with one attached hydrogen (secondary N) is 2. The van der Waals surface area contributed by atoms with Crippen molar-refractivity contribution in [1.82, 2.24) is 10.6 Å². The minimum absolute atomic E-state index is 0.145. The third-order valence-corrected chi connectivity index (χ3v) is 4.26. The van der Waals surface area contributed by atoms with E-state index in [0.29, 0.717) is 13.0 Å². The van der Waals surface area contributed by atoms with Gasteiger partial charge >= 0.3 is 0 Å². The fraction of sp³-hybridized carbons (Fsp3) is 0.294. The second kappa shape index (κ2) is 8.43. The van der Waals surface area contributed by atoms with Crippen molar-refractivity contribution in [2.45, 2.75) is 25.8 Å². The number of hydrogen-bond donors (Lipinski definition) is 2. The fourth-order valence-corrected chi connectivity index (χ4v) is 3.03. The van der Waals surface area contributed by atoms with Gasteiger partial charge in [-0.05, 0) is 35.6 Å². The van der Waals surface area contributed by atoms with Crippen molar-refractivity contribution in [1.29, 1.82) is 0 Å². The van der Waals surface area contributed by atoms with Crippen LogP contribution in [0.25, 0.3) is 0 Å². The van der Waals surface area contributed by atoms with Crippen molar-refractivity contribution in [3.63, 3.8) is 0 Å². The summed E-state index contributed by atoms with van der Waals surface area (Å²) < 4.78 is 13.1. The van der Waals surface area contributed by atoms with Crippen LogP contribution in [-0.2, 0) is 16.0 Å². The molecule has 0 fully saturated rings. The minimum Gasteiger partial charge on any atom is -0.356 e. The zero-order valence-electron chi connectivity index (χ0n) is 12.8. The Bertz CT molecular complexity index is 658. The summed E-state index contributed by atoms with van der Waals surface area (Å²) in [6.07, 6.45) is 0.747. The summed E-state index contributed by atoms with van der Waals surface area (Å²) in [6.45, 7) is 1.86. The maximum absolute atomic E-state index is 13.1. The Morgan fingerprint density at radius 3 is 2.74 bits per heavy atom. The standard InChI is InChI=1S/C17H19FN2O2S/c1-12(21)20-15(16-6-3-9-23-16)11-17(22)19-8-7-13-4-2-5-14(18)10-13/h2-6,9-10,15H,7-8,11H2,1H3,(H,19,22)(H,20,21)/t15-/m1/s1. The lowest BCUT2D eigenvalue weighted by Crippen LogP contribution is -2.33. The van der Waals surface area contributed by atoms with Crippen LogP contribution in [0, 0.1) is 5.82 Å². The van der Waals surface area contributed by atoms with Crippen LogP contribution in [0.2, 0.25) is 0 Å². The summed E-state index contributed by atoms with van der Waals surface area (Å²) in [5.41, 5.74) is 0.835. The molecule has 2 aromatic rings. The Labute approximate surface area is 138 Å². The Kier molecular flexibility index (Phi) is 6.29. The van der Waals surface area contributed by atoms with Crippen molar-refractivity contribution in [2.24, 2.45) is 0 Å². The number of amides is 2. The van der Waals surface area contributed by atoms with Gasteiger partial charge in [0.1, 0.15) is 5.82 Å². The second-order valence-electron chi connectivity index (χ2n) is 5.20. The lowest BCUT2D eigenvalue weighted by atomic mass is 10.1. The van der Waals surface area contributed by atoms with Gasteiger partial charge in [-0.15, -0.1) is 11.3 Å². The highest BCUT2D eigenvalue weighted by Crippen LogP contribution is 2.21. The highest BCUT2D eigenvalue weighted by Gasteiger charge is 2.17.